The van der Waals surface area contributed by atoms with Gasteiger partial charge >= 0.3 is 5.69 Å². The normalized spacial score (nSPS) is 11.7. The lowest BCUT2D eigenvalue weighted by molar-refractivity contribution is 1.05. The Morgan fingerprint density at radius 2 is 1.65 bits per heavy atom. The van der Waals surface area contributed by atoms with Gasteiger partial charge in [0.25, 0.3) is 5.56 Å². The topological polar surface area (TPSA) is 120 Å². The molecule has 0 unspecified atom stereocenters. The van der Waals surface area contributed by atoms with Gasteiger partial charge in [-0.1, -0.05) is 0 Å². The lowest BCUT2D eigenvalue weighted by Crippen LogP contribution is -2.23. The van der Waals surface area contributed by atoms with Crippen LogP contribution in [0.2, 0.25) is 5.28 Å². The number of hydrogen-bond donors (Lipinski definition) is 3. The highest BCUT2D eigenvalue weighted by atomic mass is 35.5. The smallest absolute Gasteiger partial charge is 0.327 e. The fraction of sp³-hybridized carbons (Fsp3) is 0. The van der Waals surface area contributed by atoms with Gasteiger partial charge < -0.3 is 4.98 Å². The van der Waals surface area contributed by atoms with Gasteiger partial charge in [-0.3, -0.25) is 14.8 Å². The third kappa shape index (κ3) is 1.51. The molecule has 1 aromatic carbocycles. The molecule has 0 saturated carbocycles. The molecule has 98 valence electrons. The lowest BCUT2D eigenvalue weighted by Gasteiger charge is -2.01. The maximum atomic E-state index is 11.7. The fourth-order valence-electron chi connectivity index (χ4n) is 2.09. The van der Waals surface area contributed by atoms with Gasteiger partial charge in [0.2, 0.25) is 5.28 Å². The van der Waals surface area contributed by atoms with Crippen molar-refractivity contribution in [3.8, 4) is 0 Å². The molecule has 8 nitrogen and oxygen atoms in total. The Morgan fingerprint density at radius 1 is 0.900 bits per heavy atom. The first kappa shape index (κ1) is 11.1. The van der Waals surface area contributed by atoms with E-state index in [1.807, 2.05) is 0 Å². The lowest BCUT2D eigenvalue weighted by atomic mass is 10.2. The molecule has 3 heterocycles. The zero-order valence-electron chi connectivity index (χ0n) is 9.69. The molecule has 4 rings (SSSR count). The molecule has 4 aromatic rings. The molecule has 0 spiro atoms. The number of hydrogen-bond acceptors (Lipinski definition) is 5. The molecule has 9 heteroatoms. The van der Waals surface area contributed by atoms with Crippen molar-refractivity contribution in [1.29, 1.82) is 0 Å². The zero-order valence-corrected chi connectivity index (χ0v) is 10.4. The van der Waals surface area contributed by atoms with Crippen molar-refractivity contribution in [1.82, 2.24) is 29.9 Å². The van der Waals surface area contributed by atoms with Crippen LogP contribution in [0.1, 0.15) is 0 Å². The molecule has 0 atom stereocenters. The highest BCUT2D eigenvalue weighted by Crippen LogP contribution is 2.20. The summed E-state index contributed by atoms with van der Waals surface area (Å²) in [6, 6.07) is 3.37. The van der Waals surface area contributed by atoms with Crippen molar-refractivity contribution in [3.63, 3.8) is 0 Å². The summed E-state index contributed by atoms with van der Waals surface area (Å²) in [7, 11) is 0. The molecule has 0 amide bonds. The first-order valence-corrected chi connectivity index (χ1v) is 5.97. The summed E-state index contributed by atoms with van der Waals surface area (Å²) in [6.45, 7) is 0. The van der Waals surface area contributed by atoms with Crippen LogP contribution in [-0.4, -0.2) is 29.9 Å². The van der Waals surface area contributed by atoms with Crippen LogP contribution in [-0.2, 0) is 0 Å². The summed E-state index contributed by atoms with van der Waals surface area (Å²) in [5.74, 6) is 0. The number of benzene rings is 1. The number of aromatic amines is 3. The molecule has 0 aliphatic heterocycles. The van der Waals surface area contributed by atoms with E-state index in [0.717, 1.165) is 0 Å². The van der Waals surface area contributed by atoms with Crippen LogP contribution < -0.4 is 11.2 Å². The molecule has 0 radical (unpaired) electrons. The van der Waals surface area contributed by atoms with Gasteiger partial charge in [0.1, 0.15) is 5.52 Å². The van der Waals surface area contributed by atoms with Crippen LogP contribution >= 0.6 is 11.6 Å². The van der Waals surface area contributed by atoms with Crippen LogP contribution in [0, 0.1) is 0 Å². The first-order valence-electron chi connectivity index (χ1n) is 5.59. The highest BCUT2D eigenvalue weighted by molar-refractivity contribution is 6.29. The molecule has 0 aliphatic rings. The number of rotatable bonds is 0. The SMILES string of the molecule is O=c1[nH]c(=O)c2[nH]c3cc4nc(Cl)nc4cc3nc2[nH]1. The Balaban J connectivity index is 2.23. The van der Waals surface area contributed by atoms with Gasteiger partial charge in [-0.15, -0.1) is 0 Å². The number of H-pyrrole nitrogens is 3. The van der Waals surface area contributed by atoms with E-state index in [2.05, 4.69) is 29.9 Å². The van der Waals surface area contributed by atoms with Crippen molar-refractivity contribution < 1.29 is 0 Å². The minimum atomic E-state index is -0.611. The number of nitrogens with one attached hydrogen (secondary N) is 3. The van der Waals surface area contributed by atoms with Crippen molar-refractivity contribution in [2.24, 2.45) is 0 Å². The highest BCUT2D eigenvalue weighted by Gasteiger charge is 2.09. The van der Waals surface area contributed by atoms with E-state index in [9.17, 15) is 9.59 Å². The number of halogens is 1. The Kier molecular flexibility index (Phi) is 2.02. The van der Waals surface area contributed by atoms with Crippen molar-refractivity contribution in [2.75, 3.05) is 0 Å². The van der Waals surface area contributed by atoms with E-state index in [1.165, 1.54) is 0 Å². The van der Waals surface area contributed by atoms with Crippen molar-refractivity contribution in [3.05, 3.63) is 38.3 Å². The number of fused-ring (bicyclic) bond motifs is 3. The molecule has 0 aliphatic carbocycles. The Morgan fingerprint density at radius 3 is 2.45 bits per heavy atom. The maximum Gasteiger partial charge on any atom is 0.327 e. The molecular weight excluding hydrogens is 284 g/mol. The van der Waals surface area contributed by atoms with Gasteiger partial charge in [0, 0.05) is 0 Å². The van der Waals surface area contributed by atoms with Gasteiger partial charge in [0.05, 0.1) is 22.1 Å². The minimum Gasteiger partial charge on any atom is -0.346 e. The van der Waals surface area contributed by atoms with E-state index in [1.54, 1.807) is 12.1 Å². The predicted molar refractivity (Wildman–Crippen MR) is 72.9 cm³/mol. The molecule has 3 aromatic heterocycles. The summed E-state index contributed by atoms with van der Waals surface area (Å²) < 4.78 is 0. The average molecular weight is 289 g/mol. The zero-order chi connectivity index (χ0) is 13.9. The van der Waals surface area contributed by atoms with Crippen LogP contribution in [0.25, 0.3) is 33.2 Å². The van der Waals surface area contributed by atoms with Crippen molar-refractivity contribution >= 4 is 44.8 Å². The van der Waals surface area contributed by atoms with Crippen LogP contribution in [0.4, 0.5) is 0 Å². The van der Waals surface area contributed by atoms with E-state index in [0.29, 0.717) is 22.1 Å². The first-order chi connectivity index (χ1) is 9.60. The Bertz CT molecular complexity index is 1110. The molecule has 0 fully saturated rings. The summed E-state index contributed by atoms with van der Waals surface area (Å²) >= 11 is 5.75. The van der Waals surface area contributed by atoms with Crippen LogP contribution in [0.5, 0.6) is 0 Å². The molecule has 0 bridgehead atoms. The summed E-state index contributed by atoms with van der Waals surface area (Å²) in [5, 5.41) is 0.145. The second kappa shape index (κ2) is 3.64. The fourth-order valence-corrected chi connectivity index (χ4v) is 2.27. The summed E-state index contributed by atoms with van der Waals surface area (Å²) in [5.41, 5.74) is 1.54. The minimum absolute atomic E-state index is 0.145. The van der Waals surface area contributed by atoms with E-state index in [4.69, 9.17) is 11.6 Å². The second-order valence-electron chi connectivity index (χ2n) is 4.22. The summed E-state index contributed by atoms with van der Waals surface area (Å²) in [6.07, 6.45) is 0. The van der Waals surface area contributed by atoms with Crippen LogP contribution in [0.15, 0.2) is 21.7 Å². The monoisotopic (exact) mass is 288 g/mol. The maximum absolute atomic E-state index is 11.7. The van der Waals surface area contributed by atoms with Gasteiger partial charge in [-0.2, -0.15) is 0 Å². The number of imidazole rings is 1. The molecule has 20 heavy (non-hydrogen) atoms. The molecule has 0 saturated heterocycles. The Labute approximate surface area is 113 Å². The third-order valence-electron chi connectivity index (χ3n) is 2.93. The quantitative estimate of drug-likeness (QED) is 0.411. The number of aromatic nitrogens is 6. The average Bonchev–Trinajstić information content (AvgIpc) is 2.73. The Hall–Kier alpha value is -2.74. The third-order valence-corrected chi connectivity index (χ3v) is 3.10. The summed E-state index contributed by atoms with van der Waals surface area (Å²) in [4.78, 5) is 42.8. The van der Waals surface area contributed by atoms with Gasteiger partial charge in [-0.05, 0) is 23.7 Å². The molecular formula is C11H5ClN6O2. The number of nitrogens with zero attached hydrogens (tertiary/aromatic N) is 3. The molecule has 3 N–H and O–H groups in total. The van der Waals surface area contributed by atoms with Crippen LogP contribution in [0.3, 0.4) is 0 Å². The van der Waals surface area contributed by atoms with Crippen molar-refractivity contribution in [2.45, 2.75) is 0 Å². The standard InChI is InChI=1S/C11H5ClN6O2/c12-10-15-5-1-3-4(2-6(5)16-10)14-8-7(13-3)9(19)18-11(20)17-8/h1-2,13H,(H2,17,18,19,20). The van der Waals surface area contributed by atoms with E-state index >= 15 is 0 Å². The van der Waals surface area contributed by atoms with Gasteiger partial charge in [0.15, 0.2) is 5.65 Å². The predicted octanol–water partition coefficient (Wildman–Crippen LogP) is 0.689. The largest absolute Gasteiger partial charge is 0.346 e. The van der Waals surface area contributed by atoms with E-state index in [-0.39, 0.29) is 16.4 Å². The second-order valence-corrected chi connectivity index (χ2v) is 4.56. The van der Waals surface area contributed by atoms with E-state index < -0.39 is 11.2 Å². The van der Waals surface area contributed by atoms with Gasteiger partial charge in [-0.25, -0.2) is 19.7 Å².